The zero-order valence-electron chi connectivity index (χ0n) is 10.5. The number of carbonyl (C=O) groups is 1. The van der Waals surface area contributed by atoms with Gasteiger partial charge in [-0.3, -0.25) is 14.6 Å². The Balaban J connectivity index is 2.37. The van der Waals surface area contributed by atoms with E-state index in [9.17, 15) is 18.0 Å². The van der Waals surface area contributed by atoms with Crippen LogP contribution in [0.4, 0.5) is 0 Å². The average Bonchev–Trinajstić information content (AvgIpc) is 2.37. The summed E-state index contributed by atoms with van der Waals surface area (Å²) in [4.78, 5) is 29.9. The van der Waals surface area contributed by atoms with Crippen LogP contribution in [0.2, 0.25) is 0 Å². The van der Waals surface area contributed by atoms with Crippen molar-refractivity contribution in [3.63, 3.8) is 0 Å². The summed E-state index contributed by atoms with van der Waals surface area (Å²) in [7, 11) is -3.72. The molecule has 0 fully saturated rings. The average molecular weight is 293 g/mol. The van der Waals surface area contributed by atoms with Gasteiger partial charge in [0.05, 0.1) is 17.6 Å². The number of carbonyl (C=O) groups excluding carboxylic acids is 1. The third-order valence-electron chi connectivity index (χ3n) is 2.37. The second-order valence-electron chi connectivity index (χ2n) is 4.03. The van der Waals surface area contributed by atoms with Gasteiger partial charge in [0.1, 0.15) is 5.56 Å². The zero-order chi connectivity index (χ0) is 14.8. The fraction of sp³-hybridized carbons (Fsp3) is 0.0833. The van der Waals surface area contributed by atoms with Crippen LogP contribution in [0.3, 0.4) is 0 Å². The molecule has 2 heterocycles. The van der Waals surface area contributed by atoms with Crippen molar-refractivity contribution >= 4 is 15.9 Å². The number of nitrogens with one attached hydrogen (secondary N) is 2. The van der Waals surface area contributed by atoms with Crippen molar-refractivity contribution in [3.05, 3.63) is 52.4 Å². The molecule has 0 unspecified atom stereocenters. The summed E-state index contributed by atoms with van der Waals surface area (Å²) in [6.45, 7) is 0. The highest BCUT2D eigenvalue weighted by atomic mass is 32.2. The van der Waals surface area contributed by atoms with Crippen molar-refractivity contribution in [2.75, 3.05) is 6.26 Å². The Bertz CT molecular complexity index is 797. The van der Waals surface area contributed by atoms with E-state index in [2.05, 4.69) is 9.97 Å². The molecule has 0 aliphatic carbocycles. The Labute approximate surface area is 114 Å². The third-order valence-corrected chi connectivity index (χ3v) is 2.93. The van der Waals surface area contributed by atoms with Crippen LogP contribution in [0.25, 0.3) is 11.4 Å². The number of hydrogen-bond acceptors (Lipinski definition) is 5. The molecule has 2 aromatic rings. The highest BCUT2D eigenvalue weighted by molar-refractivity contribution is 7.89. The molecule has 2 N–H and O–H groups in total. The van der Waals surface area contributed by atoms with Gasteiger partial charge in [0.25, 0.3) is 11.5 Å². The van der Waals surface area contributed by atoms with Gasteiger partial charge in [-0.05, 0) is 24.3 Å². The highest BCUT2D eigenvalue weighted by Crippen LogP contribution is 2.11. The molecular weight excluding hydrogens is 282 g/mol. The number of hydrogen-bond donors (Lipinski definition) is 2. The molecule has 0 saturated carbocycles. The number of amides is 1. The highest BCUT2D eigenvalue weighted by Gasteiger charge is 2.15. The van der Waals surface area contributed by atoms with Gasteiger partial charge in [0.2, 0.25) is 10.0 Å². The fourth-order valence-corrected chi connectivity index (χ4v) is 1.99. The lowest BCUT2D eigenvalue weighted by molar-refractivity contribution is 0.0980. The van der Waals surface area contributed by atoms with Crippen molar-refractivity contribution < 1.29 is 13.2 Å². The molecule has 2 aromatic heterocycles. The van der Waals surface area contributed by atoms with E-state index in [0.717, 1.165) is 6.26 Å². The van der Waals surface area contributed by atoms with Crippen LogP contribution in [-0.4, -0.2) is 30.5 Å². The van der Waals surface area contributed by atoms with Crippen LogP contribution in [0.5, 0.6) is 0 Å². The molecule has 104 valence electrons. The van der Waals surface area contributed by atoms with E-state index in [0.29, 0.717) is 11.4 Å². The van der Waals surface area contributed by atoms with Gasteiger partial charge in [0.15, 0.2) is 0 Å². The van der Waals surface area contributed by atoms with Gasteiger partial charge in [-0.1, -0.05) is 6.07 Å². The summed E-state index contributed by atoms with van der Waals surface area (Å²) in [6.07, 6.45) is 2.40. The molecule has 8 heteroatoms. The van der Waals surface area contributed by atoms with Crippen molar-refractivity contribution in [3.8, 4) is 11.4 Å². The molecule has 0 aliphatic rings. The number of H-pyrrole nitrogens is 1. The Morgan fingerprint density at radius 2 is 2.00 bits per heavy atom. The molecule has 0 radical (unpaired) electrons. The molecule has 2 rings (SSSR count). The molecule has 0 bridgehead atoms. The number of nitrogens with zero attached hydrogens (tertiary/aromatic N) is 1. The lowest BCUT2D eigenvalue weighted by Gasteiger charge is -2.04. The summed E-state index contributed by atoms with van der Waals surface area (Å²) in [5.41, 5.74) is 0.00980. The topological polar surface area (TPSA) is 109 Å². The standard InChI is InChI=1S/C12H11N3O4S/c1-20(18,19)15-12(17)8-5-6-10(14-11(8)16)9-4-2-3-7-13-9/h2-7H,1H3,(H,14,16)(H,15,17). The first-order valence-corrected chi connectivity index (χ1v) is 7.43. The second-order valence-corrected chi connectivity index (χ2v) is 5.78. The summed E-state index contributed by atoms with van der Waals surface area (Å²) in [5.74, 6) is -0.971. The molecular formula is C12H11N3O4S. The summed E-state index contributed by atoms with van der Waals surface area (Å²) < 4.78 is 23.7. The Morgan fingerprint density at radius 1 is 1.25 bits per heavy atom. The Hall–Kier alpha value is -2.48. The van der Waals surface area contributed by atoms with Gasteiger partial charge in [0, 0.05) is 6.20 Å². The number of aromatic amines is 1. The summed E-state index contributed by atoms with van der Waals surface area (Å²) in [6, 6.07) is 7.92. The second kappa shape index (κ2) is 5.25. The minimum Gasteiger partial charge on any atom is -0.320 e. The summed E-state index contributed by atoms with van der Waals surface area (Å²) >= 11 is 0. The fourth-order valence-electron chi connectivity index (χ4n) is 1.55. The first kappa shape index (κ1) is 13.9. The zero-order valence-corrected chi connectivity index (χ0v) is 11.3. The predicted octanol–water partition coefficient (Wildman–Crippen LogP) is 0.126. The van der Waals surface area contributed by atoms with E-state index in [1.54, 1.807) is 29.1 Å². The van der Waals surface area contributed by atoms with Gasteiger partial charge < -0.3 is 4.98 Å². The molecule has 0 aromatic carbocycles. The molecule has 0 aliphatic heterocycles. The smallest absolute Gasteiger partial charge is 0.270 e. The molecule has 7 nitrogen and oxygen atoms in total. The minimum atomic E-state index is -3.72. The maximum absolute atomic E-state index is 11.8. The molecule has 1 amide bonds. The van der Waals surface area contributed by atoms with Crippen molar-refractivity contribution in [1.82, 2.24) is 14.7 Å². The number of sulfonamides is 1. The van der Waals surface area contributed by atoms with Crippen molar-refractivity contribution in [1.29, 1.82) is 0 Å². The number of aromatic nitrogens is 2. The van der Waals surface area contributed by atoms with Crippen LogP contribution in [0.15, 0.2) is 41.3 Å². The van der Waals surface area contributed by atoms with Gasteiger partial charge >= 0.3 is 0 Å². The largest absolute Gasteiger partial charge is 0.320 e. The summed E-state index contributed by atoms with van der Waals surface area (Å²) in [5, 5.41) is 0. The third kappa shape index (κ3) is 3.29. The van der Waals surface area contributed by atoms with Crippen LogP contribution in [0.1, 0.15) is 10.4 Å². The maximum Gasteiger partial charge on any atom is 0.270 e. The monoisotopic (exact) mass is 293 g/mol. The van der Waals surface area contributed by atoms with Crippen LogP contribution in [0, 0.1) is 0 Å². The first-order chi connectivity index (χ1) is 9.37. The molecule has 0 spiro atoms. The van der Waals surface area contributed by atoms with Gasteiger partial charge in [-0.15, -0.1) is 0 Å². The first-order valence-electron chi connectivity index (χ1n) is 5.54. The predicted molar refractivity (Wildman–Crippen MR) is 72.6 cm³/mol. The van der Waals surface area contributed by atoms with Crippen LogP contribution >= 0.6 is 0 Å². The Kier molecular flexibility index (Phi) is 3.66. The SMILES string of the molecule is CS(=O)(=O)NC(=O)c1ccc(-c2ccccn2)[nH]c1=O. The van der Waals surface area contributed by atoms with Crippen LogP contribution in [-0.2, 0) is 10.0 Å². The lowest BCUT2D eigenvalue weighted by Crippen LogP contribution is -2.33. The normalized spacial score (nSPS) is 11.1. The van der Waals surface area contributed by atoms with Crippen molar-refractivity contribution in [2.24, 2.45) is 0 Å². The van der Waals surface area contributed by atoms with E-state index < -0.39 is 21.5 Å². The van der Waals surface area contributed by atoms with Crippen molar-refractivity contribution in [2.45, 2.75) is 0 Å². The Morgan fingerprint density at radius 3 is 2.55 bits per heavy atom. The van der Waals surface area contributed by atoms with E-state index in [-0.39, 0.29) is 5.56 Å². The lowest BCUT2D eigenvalue weighted by atomic mass is 10.2. The van der Waals surface area contributed by atoms with Gasteiger partial charge in [-0.25, -0.2) is 13.1 Å². The van der Waals surface area contributed by atoms with E-state index in [1.165, 1.54) is 12.1 Å². The molecule has 0 atom stereocenters. The van der Waals surface area contributed by atoms with Gasteiger partial charge in [-0.2, -0.15) is 0 Å². The molecule has 0 saturated heterocycles. The molecule has 20 heavy (non-hydrogen) atoms. The van der Waals surface area contributed by atoms with E-state index in [4.69, 9.17) is 0 Å². The van der Waals surface area contributed by atoms with E-state index >= 15 is 0 Å². The quantitative estimate of drug-likeness (QED) is 0.835. The minimum absolute atomic E-state index is 0.282. The van der Waals surface area contributed by atoms with E-state index in [1.807, 2.05) is 0 Å². The maximum atomic E-state index is 11.8. The number of rotatable bonds is 3. The van der Waals surface area contributed by atoms with Crippen LogP contribution < -0.4 is 10.3 Å². The number of pyridine rings is 2.